The van der Waals surface area contributed by atoms with Gasteiger partial charge in [0, 0.05) is 0 Å². The largest absolute Gasteiger partial charge is 0.373 e. The summed E-state index contributed by atoms with van der Waals surface area (Å²) in [6.07, 6.45) is 3.43. The molecule has 4 heteroatoms. The van der Waals surface area contributed by atoms with E-state index >= 15 is 0 Å². The maximum atomic E-state index is 13.2. The Hall–Kier alpha value is -1.44. The lowest BCUT2D eigenvalue weighted by molar-refractivity contribution is 0.0181. The van der Waals surface area contributed by atoms with Gasteiger partial charge in [-0.05, 0) is 49.1 Å². The molecule has 0 bridgehead atoms. The number of hydrogen-bond acceptors (Lipinski definition) is 3. The minimum atomic E-state index is -0.394. The van der Waals surface area contributed by atoms with Gasteiger partial charge in [0.05, 0.1) is 24.3 Å². The number of rotatable bonds is 4. The Morgan fingerprint density at radius 2 is 2.22 bits per heavy atom. The van der Waals surface area contributed by atoms with Crippen LogP contribution in [-0.2, 0) is 11.3 Å². The van der Waals surface area contributed by atoms with Crippen molar-refractivity contribution < 1.29 is 9.13 Å². The molecule has 2 unspecified atom stereocenters. The Morgan fingerprint density at radius 3 is 2.94 bits per heavy atom. The van der Waals surface area contributed by atoms with Crippen LogP contribution in [0, 0.1) is 23.1 Å². The van der Waals surface area contributed by atoms with E-state index in [0.29, 0.717) is 30.2 Å². The normalized spacial score (nSPS) is 22.9. The highest BCUT2D eigenvalue weighted by molar-refractivity contribution is 5.33. The van der Waals surface area contributed by atoms with E-state index in [1.54, 1.807) is 6.07 Å². The monoisotopic (exact) mass is 248 g/mol. The van der Waals surface area contributed by atoms with Crippen LogP contribution < -0.4 is 5.73 Å². The van der Waals surface area contributed by atoms with Gasteiger partial charge >= 0.3 is 0 Å². The molecule has 0 radical (unpaired) electrons. The van der Waals surface area contributed by atoms with Gasteiger partial charge in [0.2, 0.25) is 0 Å². The average Bonchev–Trinajstić information content (AvgIpc) is 2.83. The molecule has 2 rings (SSSR count). The Morgan fingerprint density at radius 1 is 1.39 bits per heavy atom. The van der Waals surface area contributed by atoms with Crippen LogP contribution in [0.3, 0.4) is 0 Å². The Balaban J connectivity index is 1.98. The van der Waals surface area contributed by atoms with Gasteiger partial charge in [-0.2, -0.15) is 5.26 Å². The summed E-state index contributed by atoms with van der Waals surface area (Å²) in [7, 11) is 0. The van der Waals surface area contributed by atoms with Crippen LogP contribution >= 0.6 is 0 Å². The number of hydrogen-bond donors (Lipinski definition) is 1. The number of nitrogens with two attached hydrogens (primary N) is 1. The summed E-state index contributed by atoms with van der Waals surface area (Å²) in [5.41, 5.74) is 6.71. The number of benzene rings is 1. The van der Waals surface area contributed by atoms with Crippen LogP contribution in [0.1, 0.15) is 30.4 Å². The third-order valence-corrected chi connectivity index (χ3v) is 3.44. The highest BCUT2D eigenvalue weighted by Crippen LogP contribution is 2.28. The first kappa shape index (κ1) is 13.0. The molecule has 3 nitrogen and oxygen atoms in total. The molecular weight excluding hydrogens is 231 g/mol. The fourth-order valence-electron chi connectivity index (χ4n) is 2.49. The zero-order chi connectivity index (χ0) is 13.0. The molecule has 1 fully saturated rings. The zero-order valence-electron chi connectivity index (χ0n) is 10.2. The highest BCUT2D eigenvalue weighted by atomic mass is 19.1. The molecule has 0 aliphatic heterocycles. The van der Waals surface area contributed by atoms with Crippen LogP contribution in [0.5, 0.6) is 0 Å². The van der Waals surface area contributed by atoms with E-state index in [9.17, 15) is 4.39 Å². The average molecular weight is 248 g/mol. The maximum Gasteiger partial charge on any atom is 0.124 e. The molecule has 1 aromatic carbocycles. The number of halogens is 1. The Labute approximate surface area is 106 Å². The molecule has 0 heterocycles. The van der Waals surface area contributed by atoms with Crippen molar-refractivity contribution in [3.05, 3.63) is 35.1 Å². The van der Waals surface area contributed by atoms with Crippen molar-refractivity contribution in [3.8, 4) is 6.07 Å². The lowest BCUT2D eigenvalue weighted by Gasteiger charge is -2.18. The van der Waals surface area contributed by atoms with E-state index in [-0.39, 0.29) is 6.10 Å². The van der Waals surface area contributed by atoms with Crippen LogP contribution in [0.25, 0.3) is 0 Å². The second-order valence-corrected chi connectivity index (χ2v) is 4.74. The smallest absolute Gasteiger partial charge is 0.124 e. The quantitative estimate of drug-likeness (QED) is 0.889. The predicted molar refractivity (Wildman–Crippen MR) is 66.1 cm³/mol. The van der Waals surface area contributed by atoms with Crippen molar-refractivity contribution in [1.29, 1.82) is 5.26 Å². The van der Waals surface area contributed by atoms with Crippen LogP contribution in [-0.4, -0.2) is 12.6 Å². The van der Waals surface area contributed by atoms with E-state index in [0.717, 1.165) is 19.3 Å². The molecule has 0 spiro atoms. The van der Waals surface area contributed by atoms with Gasteiger partial charge in [-0.25, -0.2) is 4.39 Å². The van der Waals surface area contributed by atoms with Crippen molar-refractivity contribution >= 4 is 0 Å². The van der Waals surface area contributed by atoms with E-state index < -0.39 is 5.82 Å². The highest BCUT2D eigenvalue weighted by Gasteiger charge is 2.26. The first-order valence-electron chi connectivity index (χ1n) is 6.24. The third-order valence-electron chi connectivity index (χ3n) is 3.44. The lowest BCUT2D eigenvalue weighted by Crippen LogP contribution is -2.25. The topological polar surface area (TPSA) is 59.0 Å². The van der Waals surface area contributed by atoms with Gasteiger partial charge in [-0.1, -0.05) is 6.42 Å². The van der Waals surface area contributed by atoms with E-state index in [1.807, 2.05) is 6.07 Å². The molecule has 2 N–H and O–H groups in total. The number of nitriles is 1. The van der Waals surface area contributed by atoms with Gasteiger partial charge in [0.15, 0.2) is 0 Å². The second-order valence-electron chi connectivity index (χ2n) is 4.74. The van der Waals surface area contributed by atoms with E-state index in [4.69, 9.17) is 15.7 Å². The van der Waals surface area contributed by atoms with Crippen LogP contribution in [0.15, 0.2) is 18.2 Å². The lowest BCUT2D eigenvalue weighted by atomic mass is 10.1. The third kappa shape index (κ3) is 3.06. The molecule has 0 aromatic heterocycles. The fourth-order valence-corrected chi connectivity index (χ4v) is 2.49. The van der Waals surface area contributed by atoms with Crippen molar-refractivity contribution in [1.82, 2.24) is 0 Å². The van der Waals surface area contributed by atoms with Crippen molar-refractivity contribution in [3.63, 3.8) is 0 Å². The van der Waals surface area contributed by atoms with Gasteiger partial charge in [0.1, 0.15) is 5.82 Å². The second kappa shape index (κ2) is 5.94. The SMILES string of the molecule is N#Cc1cc(F)cc(COC2CCCC2CN)c1. The molecule has 2 atom stereocenters. The minimum Gasteiger partial charge on any atom is -0.373 e. The first-order valence-corrected chi connectivity index (χ1v) is 6.24. The van der Waals surface area contributed by atoms with Crippen molar-refractivity contribution in [2.75, 3.05) is 6.54 Å². The Kier molecular flexibility index (Phi) is 4.29. The summed E-state index contributed by atoms with van der Waals surface area (Å²) in [6.45, 7) is 0.977. The molecule has 0 amide bonds. The summed E-state index contributed by atoms with van der Waals surface area (Å²) in [5.74, 6) is 0.0171. The standard InChI is InChI=1S/C14H17FN2O/c15-13-5-10(7-16)4-11(6-13)9-18-14-3-1-2-12(14)8-17/h4-6,12,14H,1-3,8-9,17H2. The van der Waals surface area contributed by atoms with Gasteiger partial charge in [0.25, 0.3) is 0 Å². The Bertz CT molecular complexity index is 456. The number of nitrogens with zero attached hydrogens (tertiary/aromatic N) is 1. The predicted octanol–water partition coefficient (Wildman–Crippen LogP) is 2.34. The van der Waals surface area contributed by atoms with Crippen molar-refractivity contribution in [2.45, 2.75) is 32.0 Å². The van der Waals surface area contributed by atoms with E-state index in [1.165, 1.54) is 12.1 Å². The fraction of sp³-hybridized carbons (Fsp3) is 0.500. The summed E-state index contributed by atoms with van der Waals surface area (Å²) in [4.78, 5) is 0. The van der Waals surface area contributed by atoms with Gasteiger partial charge < -0.3 is 10.5 Å². The van der Waals surface area contributed by atoms with Crippen molar-refractivity contribution in [2.24, 2.45) is 11.7 Å². The molecule has 18 heavy (non-hydrogen) atoms. The van der Waals surface area contributed by atoms with Gasteiger partial charge in [-0.3, -0.25) is 0 Å². The molecule has 1 aliphatic rings. The summed E-state index contributed by atoms with van der Waals surface area (Å²) < 4.78 is 19.0. The summed E-state index contributed by atoms with van der Waals surface area (Å²) in [5, 5.41) is 8.77. The molecule has 96 valence electrons. The number of ether oxygens (including phenoxy) is 1. The van der Waals surface area contributed by atoms with Gasteiger partial charge in [-0.15, -0.1) is 0 Å². The summed E-state index contributed by atoms with van der Waals surface area (Å²) in [6, 6.07) is 6.24. The molecule has 1 saturated carbocycles. The van der Waals surface area contributed by atoms with Crippen LogP contribution in [0.4, 0.5) is 4.39 Å². The molecule has 1 aliphatic carbocycles. The van der Waals surface area contributed by atoms with E-state index in [2.05, 4.69) is 0 Å². The zero-order valence-corrected chi connectivity index (χ0v) is 10.2. The summed E-state index contributed by atoms with van der Waals surface area (Å²) >= 11 is 0. The molecule has 0 saturated heterocycles. The molecular formula is C14H17FN2O. The maximum absolute atomic E-state index is 13.2. The molecule has 1 aromatic rings. The minimum absolute atomic E-state index is 0.170. The first-order chi connectivity index (χ1) is 8.72. The van der Waals surface area contributed by atoms with Crippen LogP contribution in [0.2, 0.25) is 0 Å².